The summed E-state index contributed by atoms with van der Waals surface area (Å²) in [5.74, 6) is 0.113. The Hall–Kier alpha value is -2.28. The van der Waals surface area contributed by atoms with Gasteiger partial charge in [0.2, 0.25) is 5.88 Å². The third kappa shape index (κ3) is 5.45. The summed E-state index contributed by atoms with van der Waals surface area (Å²) in [6, 6.07) is 6.24. The fraction of sp³-hybridized carbons (Fsp3) is 0.312. The second-order valence-corrected chi connectivity index (χ2v) is 6.22. The van der Waals surface area contributed by atoms with Crippen LogP contribution in [0.25, 0.3) is 0 Å². The van der Waals surface area contributed by atoms with Crippen LogP contribution in [0.15, 0.2) is 36.7 Å². The number of halogens is 1. The van der Waals surface area contributed by atoms with Crippen LogP contribution in [0.3, 0.4) is 0 Å². The van der Waals surface area contributed by atoms with E-state index < -0.39 is 5.54 Å². The van der Waals surface area contributed by atoms with Gasteiger partial charge in [0, 0.05) is 24.4 Å². The monoisotopic (exact) mass is 334 g/mol. The van der Waals surface area contributed by atoms with Crippen molar-refractivity contribution in [3.63, 3.8) is 0 Å². The van der Waals surface area contributed by atoms with Crippen LogP contribution in [-0.2, 0) is 13.0 Å². The fourth-order valence-corrected chi connectivity index (χ4v) is 2.45. The molecule has 0 radical (unpaired) electrons. The lowest BCUT2D eigenvalue weighted by Gasteiger charge is -2.26. The van der Waals surface area contributed by atoms with Crippen molar-refractivity contribution in [2.45, 2.75) is 32.4 Å². The number of ether oxygens (including phenoxy) is 1. The van der Waals surface area contributed by atoms with Crippen molar-refractivity contribution >= 4 is 17.3 Å². The molecule has 0 saturated heterocycles. The molecule has 122 valence electrons. The molecule has 0 aliphatic carbocycles. The first-order chi connectivity index (χ1) is 10.9. The first-order valence-electron chi connectivity index (χ1n) is 7.10. The Morgan fingerprint density at radius 1 is 1.35 bits per heavy atom. The highest BCUT2D eigenvalue weighted by Gasteiger charge is 2.22. The van der Waals surface area contributed by atoms with Gasteiger partial charge in [0.25, 0.3) is 0 Å². The maximum Gasteiger partial charge on any atom is 0.236 e. The van der Waals surface area contributed by atoms with E-state index in [-0.39, 0.29) is 17.5 Å². The minimum atomic E-state index is -0.390. The lowest BCUT2D eigenvalue weighted by molar-refractivity contribution is 0.284. The molecule has 0 bridgehead atoms. The lowest BCUT2D eigenvalue weighted by atomic mass is 9.98. The van der Waals surface area contributed by atoms with E-state index in [0.717, 1.165) is 5.56 Å². The number of hydrogen-bond acceptors (Lipinski definition) is 4. The standard InChI is InChI=1S/C16H19FN4OS/c1-16(2,21-15(18)23)9-13-14(20-7-6-19-13)22-10-11-4-3-5-12(17)8-11/h3-8H,9-10H2,1-2H3,(H3,18,21,23). The van der Waals surface area contributed by atoms with Crippen LogP contribution in [0.2, 0.25) is 0 Å². The Kier molecular flexibility index (Phi) is 5.44. The smallest absolute Gasteiger partial charge is 0.236 e. The molecule has 3 N–H and O–H groups in total. The number of thiocarbonyl (C=S) groups is 1. The quantitative estimate of drug-likeness (QED) is 0.790. The summed E-state index contributed by atoms with van der Waals surface area (Å²) in [6.07, 6.45) is 3.68. The van der Waals surface area contributed by atoms with Crippen LogP contribution in [0.1, 0.15) is 25.1 Å². The second-order valence-electron chi connectivity index (χ2n) is 5.78. The zero-order chi connectivity index (χ0) is 16.9. The van der Waals surface area contributed by atoms with Crippen molar-refractivity contribution in [3.05, 3.63) is 53.7 Å². The van der Waals surface area contributed by atoms with Crippen LogP contribution in [0.5, 0.6) is 5.88 Å². The molecule has 0 atom stereocenters. The summed E-state index contributed by atoms with van der Waals surface area (Å²) in [6.45, 7) is 4.13. The summed E-state index contributed by atoms with van der Waals surface area (Å²) in [4.78, 5) is 8.52. The molecule has 1 aromatic carbocycles. The van der Waals surface area contributed by atoms with E-state index in [0.29, 0.717) is 18.0 Å². The number of nitrogens with one attached hydrogen (secondary N) is 1. The highest BCUT2D eigenvalue weighted by atomic mass is 32.1. The van der Waals surface area contributed by atoms with Crippen molar-refractivity contribution in [2.75, 3.05) is 0 Å². The van der Waals surface area contributed by atoms with Crippen LogP contribution in [-0.4, -0.2) is 20.6 Å². The average Bonchev–Trinajstić information content (AvgIpc) is 2.44. The van der Waals surface area contributed by atoms with Crippen molar-refractivity contribution in [1.82, 2.24) is 15.3 Å². The zero-order valence-electron chi connectivity index (χ0n) is 13.0. The number of nitrogens with zero attached hydrogens (tertiary/aromatic N) is 2. The Labute approximate surface area is 140 Å². The van der Waals surface area contributed by atoms with Crippen LogP contribution < -0.4 is 15.8 Å². The fourth-order valence-electron chi connectivity index (χ4n) is 2.17. The molecule has 23 heavy (non-hydrogen) atoms. The van der Waals surface area contributed by atoms with Gasteiger partial charge in [-0.15, -0.1) is 0 Å². The Bertz CT molecular complexity index is 693. The summed E-state index contributed by atoms with van der Waals surface area (Å²) in [5.41, 5.74) is 6.55. The maximum absolute atomic E-state index is 13.2. The third-order valence-corrected chi connectivity index (χ3v) is 3.17. The molecular formula is C16H19FN4OS. The number of nitrogens with two attached hydrogens (primary N) is 1. The Morgan fingerprint density at radius 2 is 2.09 bits per heavy atom. The van der Waals surface area contributed by atoms with Gasteiger partial charge >= 0.3 is 0 Å². The van der Waals surface area contributed by atoms with E-state index in [1.807, 2.05) is 13.8 Å². The van der Waals surface area contributed by atoms with Gasteiger partial charge in [-0.05, 0) is 43.8 Å². The predicted molar refractivity (Wildman–Crippen MR) is 90.5 cm³/mol. The normalized spacial score (nSPS) is 11.1. The predicted octanol–water partition coefficient (Wildman–Crippen LogP) is 2.35. The van der Waals surface area contributed by atoms with Gasteiger partial charge in [0.05, 0.1) is 0 Å². The van der Waals surface area contributed by atoms with Gasteiger partial charge in [-0.3, -0.25) is 4.98 Å². The van der Waals surface area contributed by atoms with Crippen LogP contribution >= 0.6 is 12.2 Å². The molecule has 1 heterocycles. The summed E-state index contributed by atoms with van der Waals surface area (Å²) in [7, 11) is 0. The second kappa shape index (κ2) is 7.32. The average molecular weight is 334 g/mol. The molecule has 2 aromatic rings. The minimum Gasteiger partial charge on any atom is -0.471 e. The largest absolute Gasteiger partial charge is 0.471 e. The molecule has 0 aliphatic rings. The molecule has 1 aromatic heterocycles. The SMILES string of the molecule is CC(C)(Cc1nccnc1OCc1cccc(F)c1)NC(N)=S. The van der Waals surface area contributed by atoms with Gasteiger partial charge in [0.1, 0.15) is 18.1 Å². The van der Waals surface area contributed by atoms with Crippen molar-refractivity contribution in [2.24, 2.45) is 5.73 Å². The Morgan fingerprint density at radius 3 is 2.78 bits per heavy atom. The van der Waals surface area contributed by atoms with Crippen molar-refractivity contribution < 1.29 is 9.13 Å². The van der Waals surface area contributed by atoms with Gasteiger partial charge in [0.15, 0.2) is 5.11 Å². The van der Waals surface area contributed by atoms with Crippen molar-refractivity contribution in [1.29, 1.82) is 0 Å². The van der Waals surface area contributed by atoms with E-state index in [4.69, 9.17) is 22.7 Å². The summed E-state index contributed by atoms with van der Waals surface area (Å²) >= 11 is 4.88. The maximum atomic E-state index is 13.2. The molecule has 0 unspecified atom stereocenters. The molecule has 0 amide bonds. The van der Waals surface area contributed by atoms with Gasteiger partial charge in [-0.25, -0.2) is 9.37 Å². The van der Waals surface area contributed by atoms with Gasteiger partial charge < -0.3 is 15.8 Å². The number of benzene rings is 1. The molecule has 2 rings (SSSR count). The molecule has 5 nitrogen and oxygen atoms in total. The van der Waals surface area contributed by atoms with E-state index in [1.54, 1.807) is 24.5 Å². The minimum absolute atomic E-state index is 0.215. The van der Waals surface area contributed by atoms with E-state index in [2.05, 4.69) is 15.3 Å². The van der Waals surface area contributed by atoms with Gasteiger partial charge in [-0.1, -0.05) is 12.1 Å². The zero-order valence-corrected chi connectivity index (χ0v) is 13.9. The van der Waals surface area contributed by atoms with Crippen molar-refractivity contribution in [3.8, 4) is 5.88 Å². The summed E-state index contributed by atoms with van der Waals surface area (Å²) < 4.78 is 18.9. The molecule has 0 spiro atoms. The first-order valence-corrected chi connectivity index (χ1v) is 7.51. The van der Waals surface area contributed by atoms with Gasteiger partial charge in [-0.2, -0.15) is 0 Å². The van der Waals surface area contributed by atoms with E-state index in [1.165, 1.54) is 12.1 Å². The number of rotatable bonds is 6. The molecule has 0 aliphatic heterocycles. The Balaban J connectivity index is 2.09. The lowest BCUT2D eigenvalue weighted by Crippen LogP contribution is -2.47. The molecule has 0 saturated carbocycles. The first kappa shape index (κ1) is 17.1. The molecular weight excluding hydrogens is 315 g/mol. The molecule has 0 fully saturated rings. The number of hydrogen-bond donors (Lipinski definition) is 2. The third-order valence-electron chi connectivity index (χ3n) is 3.07. The van der Waals surface area contributed by atoms with Crippen LogP contribution in [0.4, 0.5) is 4.39 Å². The van der Waals surface area contributed by atoms with E-state index >= 15 is 0 Å². The van der Waals surface area contributed by atoms with E-state index in [9.17, 15) is 4.39 Å². The highest BCUT2D eigenvalue weighted by Crippen LogP contribution is 2.19. The van der Waals surface area contributed by atoms with Crippen LogP contribution in [0, 0.1) is 5.82 Å². The number of aromatic nitrogens is 2. The topological polar surface area (TPSA) is 73.1 Å². The highest BCUT2D eigenvalue weighted by molar-refractivity contribution is 7.80. The summed E-state index contributed by atoms with van der Waals surface area (Å²) in [5, 5.41) is 3.24. The molecule has 7 heteroatoms.